The predicted molar refractivity (Wildman–Crippen MR) is 80.6 cm³/mol. The molecule has 2 N–H and O–H groups in total. The second-order valence-corrected chi connectivity index (χ2v) is 7.76. The second kappa shape index (κ2) is 5.85. The highest BCUT2D eigenvalue weighted by Crippen LogP contribution is 2.35. The SMILES string of the molecule is NCc1ccc(Cl)c(S(=O)(=O)N2CCOC3CCCC32)c1. The van der Waals surface area contributed by atoms with Crippen molar-refractivity contribution in [1.82, 2.24) is 4.31 Å². The average Bonchev–Trinajstić information content (AvgIpc) is 2.95. The summed E-state index contributed by atoms with van der Waals surface area (Å²) in [6.07, 6.45) is 2.79. The van der Waals surface area contributed by atoms with Crippen LogP contribution in [-0.4, -0.2) is 38.0 Å². The number of nitrogens with zero attached hydrogens (tertiary/aromatic N) is 1. The molecule has 0 radical (unpaired) electrons. The summed E-state index contributed by atoms with van der Waals surface area (Å²) in [4.78, 5) is 0.152. The maximum atomic E-state index is 13.0. The van der Waals surface area contributed by atoms with E-state index in [1.165, 1.54) is 0 Å². The molecule has 0 aromatic heterocycles. The fraction of sp³-hybridized carbons (Fsp3) is 0.571. The fourth-order valence-electron chi connectivity index (χ4n) is 3.19. The van der Waals surface area contributed by atoms with Crippen LogP contribution in [0.5, 0.6) is 0 Å². The van der Waals surface area contributed by atoms with E-state index in [0.29, 0.717) is 13.2 Å². The van der Waals surface area contributed by atoms with Crippen LogP contribution in [-0.2, 0) is 21.3 Å². The lowest BCUT2D eigenvalue weighted by atomic mass is 10.2. The van der Waals surface area contributed by atoms with Crippen LogP contribution >= 0.6 is 11.6 Å². The Bertz CT molecular complexity index is 635. The van der Waals surface area contributed by atoms with Crippen molar-refractivity contribution in [2.24, 2.45) is 5.73 Å². The minimum absolute atomic E-state index is 0.0185. The van der Waals surface area contributed by atoms with E-state index in [0.717, 1.165) is 24.8 Å². The van der Waals surface area contributed by atoms with Crippen molar-refractivity contribution in [2.75, 3.05) is 13.2 Å². The van der Waals surface area contributed by atoms with Gasteiger partial charge >= 0.3 is 0 Å². The molecule has 0 amide bonds. The smallest absolute Gasteiger partial charge is 0.244 e. The van der Waals surface area contributed by atoms with E-state index in [9.17, 15) is 8.42 Å². The number of benzene rings is 1. The number of rotatable bonds is 3. The van der Waals surface area contributed by atoms with Gasteiger partial charge < -0.3 is 10.5 Å². The normalized spacial score (nSPS) is 26.8. The van der Waals surface area contributed by atoms with Gasteiger partial charge in [0.2, 0.25) is 10.0 Å². The Kier molecular flexibility index (Phi) is 4.25. The molecule has 2 aliphatic rings. The van der Waals surface area contributed by atoms with Gasteiger partial charge in [0.15, 0.2) is 0 Å². The van der Waals surface area contributed by atoms with E-state index in [1.807, 2.05) is 0 Å². The molecular weight excluding hydrogens is 312 g/mol. The van der Waals surface area contributed by atoms with Crippen molar-refractivity contribution in [3.63, 3.8) is 0 Å². The molecular formula is C14H19ClN2O3S. The Morgan fingerprint density at radius 2 is 2.19 bits per heavy atom. The van der Waals surface area contributed by atoms with E-state index >= 15 is 0 Å². The molecule has 1 aromatic rings. The van der Waals surface area contributed by atoms with Gasteiger partial charge in [-0.25, -0.2) is 8.42 Å². The molecule has 2 atom stereocenters. The lowest BCUT2D eigenvalue weighted by Gasteiger charge is -2.36. The predicted octanol–water partition coefficient (Wildman–Crippen LogP) is 1.74. The standard InChI is InChI=1S/C14H19ClN2O3S/c15-11-5-4-10(9-16)8-14(11)21(18,19)17-6-7-20-13-3-1-2-12(13)17/h4-5,8,12-13H,1-3,6-7,9,16H2. The summed E-state index contributed by atoms with van der Waals surface area (Å²) in [6, 6.07) is 4.86. The number of ether oxygens (including phenoxy) is 1. The Hall–Kier alpha value is -0.660. The van der Waals surface area contributed by atoms with Gasteiger partial charge in [-0.15, -0.1) is 0 Å². The minimum atomic E-state index is -3.61. The number of morpholine rings is 1. The Morgan fingerprint density at radius 3 is 2.95 bits per heavy atom. The Morgan fingerprint density at radius 1 is 1.38 bits per heavy atom. The first-order valence-electron chi connectivity index (χ1n) is 7.16. The molecule has 0 bridgehead atoms. The molecule has 1 aliphatic carbocycles. The summed E-state index contributed by atoms with van der Waals surface area (Å²) in [6.45, 7) is 1.11. The molecule has 2 fully saturated rings. The van der Waals surface area contributed by atoms with Gasteiger partial charge in [-0.1, -0.05) is 17.7 Å². The summed E-state index contributed by atoms with van der Waals surface area (Å²) in [5.41, 5.74) is 6.36. The molecule has 2 unspecified atom stereocenters. The van der Waals surface area contributed by atoms with Crippen LogP contribution in [0.3, 0.4) is 0 Å². The molecule has 1 saturated heterocycles. The molecule has 0 spiro atoms. The maximum absolute atomic E-state index is 13.0. The van der Waals surface area contributed by atoms with Crippen molar-refractivity contribution in [3.05, 3.63) is 28.8 Å². The molecule has 116 valence electrons. The van der Waals surface area contributed by atoms with Crippen LogP contribution in [0.15, 0.2) is 23.1 Å². The van der Waals surface area contributed by atoms with E-state index in [4.69, 9.17) is 22.1 Å². The third-order valence-electron chi connectivity index (χ3n) is 4.25. The van der Waals surface area contributed by atoms with Crippen LogP contribution in [0.1, 0.15) is 24.8 Å². The van der Waals surface area contributed by atoms with E-state index in [2.05, 4.69) is 0 Å². The summed E-state index contributed by atoms with van der Waals surface area (Å²) < 4.78 is 33.2. The molecule has 1 saturated carbocycles. The number of sulfonamides is 1. The summed E-state index contributed by atoms with van der Waals surface area (Å²) in [7, 11) is -3.61. The quantitative estimate of drug-likeness (QED) is 0.916. The van der Waals surface area contributed by atoms with Gasteiger partial charge in [-0.05, 0) is 37.0 Å². The monoisotopic (exact) mass is 330 g/mol. The van der Waals surface area contributed by atoms with Crippen molar-refractivity contribution in [2.45, 2.75) is 42.8 Å². The first kappa shape index (κ1) is 15.2. The van der Waals surface area contributed by atoms with Crippen molar-refractivity contribution >= 4 is 21.6 Å². The van der Waals surface area contributed by atoms with Crippen LogP contribution in [0.2, 0.25) is 5.02 Å². The first-order valence-corrected chi connectivity index (χ1v) is 8.98. The third-order valence-corrected chi connectivity index (χ3v) is 6.66. The largest absolute Gasteiger partial charge is 0.375 e. The lowest BCUT2D eigenvalue weighted by molar-refractivity contribution is -0.0241. The average molecular weight is 331 g/mol. The number of hydrogen-bond donors (Lipinski definition) is 1. The van der Waals surface area contributed by atoms with Gasteiger partial charge in [0, 0.05) is 13.1 Å². The molecule has 5 nitrogen and oxygen atoms in total. The number of nitrogens with two attached hydrogens (primary N) is 1. The van der Waals surface area contributed by atoms with Gasteiger partial charge in [-0.2, -0.15) is 4.31 Å². The maximum Gasteiger partial charge on any atom is 0.244 e. The highest BCUT2D eigenvalue weighted by atomic mass is 35.5. The third kappa shape index (κ3) is 2.71. The second-order valence-electron chi connectivity index (χ2n) is 5.49. The van der Waals surface area contributed by atoms with Crippen LogP contribution < -0.4 is 5.73 Å². The summed E-state index contributed by atoms with van der Waals surface area (Å²) in [5.74, 6) is 0. The molecule has 1 heterocycles. The summed E-state index contributed by atoms with van der Waals surface area (Å²) >= 11 is 6.12. The van der Waals surface area contributed by atoms with Crippen LogP contribution in [0, 0.1) is 0 Å². The van der Waals surface area contributed by atoms with E-state index in [-0.39, 0.29) is 28.6 Å². The van der Waals surface area contributed by atoms with E-state index in [1.54, 1.807) is 22.5 Å². The lowest BCUT2D eigenvalue weighted by Crippen LogP contribution is -2.51. The Balaban J connectivity index is 2.00. The van der Waals surface area contributed by atoms with Crippen molar-refractivity contribution in [3.8, 4) is 0 Å². The molecule has 7 heteroatoms. The highest BCUT2D eigenvalue weighted by Gasteiger charge is 2.42. The van der Waals surface area contributed by atoms with Gasteiger partial charge in [-0.3, -0.25) is 0 Å². The molecule has 21 heavy (non-hydrogen) atoms. The molecule has 1 aliphatic heterocycles. The topological polar surface area (TPSA) is 72.6 Å². The van der Waals surface area contributed by atoms with Gasteiger partial charge in [0.05, 0.1) is 23.8 Å². The zero-order valence-corrected chi connectivity index (χ0v) is 13.2. The van der Waals surface area contributed by atoms with Gasteiger partial charge in [0.1, 0.15) is 4.90 Å². The summed E-state index contributed by atoms with van der Waals surface area (Å²) in [5, 5.41) is 0.244. The molecule has 1 aromatic carbocycles. The zero-order chi connectivity index (χ0) is 15.0. The minimum Gasteiger partial charge on any atom is -0.375 e. The first-order chi connectivity index (χ1) is 10.0. The molecule has 3 rings (SSSR count). The number of fused-ring (bicyclic) bond motifs is 1. The van der Waals surface area contributed by atoms with Crippen LogP contribution in [0.25, 0.3) is 0 Å². The van der Waals surface area contributed by atoms with Gasteiger partial charge in [0.25, 0.3) is 0 Å². The fourth-order valence-corrected chi connectivity index (χ4v) is 5.38. The van der Waals surface area contributed by atoms with Crippen LogP contribution in [0.4, 0.5) is 0 Å². The highest BCUT2D eigenvalue weighted by molar-refractivity contribution is 7.89. The van der Waals surface area contributed by atoms with Crippen molar-refractivity contribution < 1.29 is 13.2 Å². The number of hydrogen-bond acceptors (Lipinski definition) is 4. The Labute approximate surface area is 130 Å². The zero-order valence-electron chi connectivity index (χ0n) is 11.7. The number of halogens is 1. The van der Waals surface area contributed by atoms with Crippen molar-refractivity contribution in [1.29, 1.82) is 0 Å². The van der Waals surface area contributed by atoms with E-state index < -0.39 is 10.0 Å².